The fourth-order valence-corrected chi connectivity index (χ4v) is 3.13. The highest BCUT2D eigenvalue weighted by Crippen LogP contribution is 2.24. The molecule has 0 spiro atoms. The van der Waals surface area contributed by atoms with E-state index in [0.29, 0.717) is 23.0 Å². The second-order valence-electron chi connectivity index (χ2n) is 6.58. The van der Waals surface area contributed by atoms with E-state index in [4.69, 9.17) is 16.3 Å². The molecule has 7 heteroatoms. The van der Waals surface area contributed by atoms with E-state index < -0.39 is 0 Å². The number of hydrogen-bond donors (Lipinski definition) is 1. The summed E-state index contributed by atoms with van der Waals surface area (Å²) in [5.74, 6) is 0.520. The lowest BCUT2D eigenvalue weighted by molar-refractivity contribution is 0.0943. The van der Waals surface area contributed by atoms with Gasteiger partial charge in [0.2, 0.25) is 0 Å². The standard InChI is InChI=1S/C23H19ClN4O2/c1-30-20-10-4-17(5-11-20)21-13-22(23(29)26-15-16-3-2-12-25-14-16)28(27-21)19-8-6-18(24)7-9-19/h2-14H,15H2,1H3,(H,26,29). The molecule has 0 atom stereocenters. The maximum absolute atomic E-state index is 13.0. The SMILES string of the molecule is COc1ccc(-c2cc(C(=O)NCc3cccnc3)n(-c3ccc(Cl)cc3)n2)cc1. The van der Waals surface area contributed by atoms with E-state index in [2.05, 4.69) is 15.4 Å². The molecular weight excluding hydrogens is 400 g/mol. The number of aromatic nitrogens is 3. The second-order valence-corrected chi connectivity index (χ2v) is 7.01. The molecule has 4 rings (SSSR count). The summed E-state index contributed by atoms with van der Waals surface area (Å²) in [6, 6.07) is 20.2. The van der Waals surface area contributed by atoms with Gasteiger partial charge in [-0.1, -0.05) is 17.7 Å². The van der Waals surface area contributed by atoms with Crippen molar-refractivity contribution < 1.29 is 9.53 Å². The topological polar surface area (TPSA) is 69.0 Å². The molecule has 1 amide bonds. The van der Waals surface area contributed by atoms with Gasteiger partial charge in [-0.15, -0.1) is 0 Å². The summed E-state index contributed by atoms with van der Waals surface area (Å²) in [5.41, 5.74) is 3.64. The Morgan fingerprint density at radius 1 is 1.10 bits per heavy atom. The van der Waals surface area contributed by atoms with Crippen LogP contribution >= 0.6 is 11.6 Å². The smallest absolute Gasteiger partial charge is 0.270 e. The Hall–Kier alpha value is -3.64. The molecule has 2 heterocycles. The van der Waals surface area contributed by atoms with E-state index in [-0.39, 0.29) is 5.91 Å². The molecule has 6 nitrogen and oxygen atoms in total. The van der Waals surface area contributed by atoms with Crippen molar-refractivity contribution in [3.05, 3.63) is 95.4 Å². The van der Waals surface area contributed by atoms with Gasteiger partial charge < -0.3 is 10.1 Å². The predicted molar refractivity (Wildman–Crippen MR) is 116 cm³/mol. The van der Waals surface area contributed by atoms with E-state index in [1.165, 1.54) is 0 Å². The second kappa shape index (κ2) is 8.80. The van der Waals surface area contributed by atoms with Crippen LogP contribution in [0.25, 0.3) is 16.9 Å². The Kier molecular flexibility index (Phi) is 5.77. The summed E-state index contributed by atoms with van der Waals surface area (Å²) in [4.78, 5) is 17.1. The molecule has 2 aromatic carbocycles. The van der Waals surface area contributed by atoms with Gasteiger partial charge in [0.05, 0.1) is 18.5 Å². The first-order chi connectivity index (χ1) is 14.6. The van der Waals surface area contributed by atoms with Crippen molar-refractivity contribution in [2.45, 2.75) is 6.54 Å². The first-order valence-corrected chi connectivity index (χ1v) is 9.69. The molecule has 1 N–H and O–H groups in total. The third kappa shape index (κ3) is 4.34. The minimum absolute atomic E-state index is 0.235. The van der Waals surface area contributed by atoms with Crippen LogP contribution in [0, 0.1) is 0 Å². The number of hydrogen-bond acceptors (Lipinski definition) is 4. The molecule has 0 radical (unpaired) electrons. The van der Waals surface area contributed by atoms with Crippen LogP contribution in [0.1, 0.15) is 16.1 Å². The zero-order valence-electron chi connectivity index (χ0n) is 16.2. The van der Waals surface area contributed by atoms with Gasteiger partial charge in [-0.2, -0.15) is 5.10 Å². The number of rotatable bonds is 6. The van der Waals surface area contributed by atoms with Crippen molar-refractivity contribution >= 4 is 17.5 Å². The van der Waals surface area contributed by atoms with Crippen LogP contribution in [0.5, 0.6) is 5.75 Å². The van der Waals surface area contributed by atoms with Crippen LogP contribution in [0.2, 0.25) is 5.02 Å². The van der Waals surface area contributed by atoms with E-state index >= 15 is 0 Å². The third-order valence-electron chi connectivity index (χ3n) is 4.57. The molecule has 0 aliphatic rings. The summed E-state index contributed by atoms with van der Waals surface area (Å²) < 4.78 is 6.84. The Labute approximate surface area is 179 Å². The lowest BCUT2D eigenvalue weighted by atomic mass is 10.1. The normalized spacial score (nSPS) is 10.6. The van der Waals surface area contributed by atoms with Gasteiger partial charge in [0, 0.05) is 29.5 Å². The number of halogens is 1. The van der Waals surface area contributed by atoms with Crippen LogP contribution < -0.4 is 10.1 Å². The molecule has 0 aliphatic carbocycles. The highest BCUT2D eigenvalue weighted by molar-refractivity contribution is 6.30. The van der Waals surface area contributed by atoms with E-state index in [1.54, 1.807) is 42.4 Å². The molecule has 150 valence electrons. The monoisotopic (exact) mass is 418 g/mol. The minimum Gasteiger partial charge on any atom is -0.497 e. The van der Waals surface area contributed by atoms with Crippen LogP contribution in [-0.2, 0) is 6.54 Å². The van der Waals surface area contributed by atoms with Crippen molar-refractivity contribution in [2.24, 2.45) is 0 Å². The van der Waals surface area contributed by atoms with Crippen molar-refractivity contribution in [3.8, 4) is 22.7 Å². The van der Waals surface area contributed by atoms with Crippen LogP contribution in [0.15, 0.2) is 79.1 Å². The summed E-state index contributed by atoms with van der Waals surface area (Å²) in [5, 5.41) is 8.22. The summed E-state index contributed by atoms with van der Waals surface area (Å²) in [6.07, 6.45) is 3.42. The highest BCUT2D eigenvalue weighted by atomic mass is 35.5. The third-order valence-corrected chi connectivity index (χ3v) is 4.83. The molecular formula is C23H19ClN4O2. The van der Waals surface area contributed by atoms with Crippen LogP contribution in [-0.4, -0.2) is 27.8 Å². The zero-order valence-corrected chi connectivity index (χ0v) is 17.0. The van der Waals surface area contributed by atoms with Crippen LogP contribution in [0.3, 0.4) is 0 Å². The Morgan fingerprint density at radius 2 is 1.87 bits per heavy atom. The van der Waals surface area contributed by atoms with Crippen molar-refractivity contribution in [1.29, 1.82) is 0 Å². The number of amides is 1. The van der Waals surface area contributed by atoms with Crippen molar-refractivity contribution in [1.82, 2.24) is 20.1 Å². The average Bonchev–Trinajstić information content (AvgIpc) is 3.24. The first kappa shape index (κ1) is 19.7. The largest absolute Gasteiger partial charge is 0.497 e. The number of nitrogens with one attached hydrogen (secondary N) is 1. The molecule has 30 heavy (non-hydrogen) atoms. The Bertz CT molecular complexity index is 1140. The fraction of sp³-hybridized carbons (Fsp3) is 0.0870. The minimum atomic E-state index is -0.235. The molecule has 0 saturated heterocycles. The number of nitrogens with zero attached hydrogens (tertiary/aromatic N) is 3. The number of carbonyl (C=O) groups excluding carboxylic acids is 1. The average molecular weight is 419 g/mol. The van der Waals surface area contributed by atoms with Gasteiger partial charge in [-0.05, 0) is 66.2 Å². The number of methoxy groups -OCH3 is 1. The maximum Gasteiger partial charge on any atom is 0.270 e. The van der Waals surface area contributed by atoms with Gasteiger partial charge in [-0.3, -0.25) is 9.78 Å². The Balaban J connectivity index is 1.68. The van der Waals surface area contributed by atoms with E-state index in [1.807, 2.05) is 48.5 Å². The van der Waals surface area contributed by atoms with E-state index in [0.717, 1.165) is 22.6 Å². The molecule has 4 aromatic rings. The Morgan fingerprint density at radius 3 is 2.53 bits per heavy atom. The summed E-state index contributed by atoms with van der Waals surface area (Å²) in [7, 11) is 1.62. The first-order valence-electron chi connectivity index (χ1n) is 9.31. The number of ether oxygens (including phenoxy) is 1. The summed E-state index contributed by atoms with van der Waals surface area (Å²) >= 11 is 6.02. The number of benzene rings is 2. The quantitative estimate of drug-likeness (QED) is 0.499. The van der Waals surface area contributed by atoms with Gasteiger partial charge in [0.25, 0.3) is 5.91 Å². The lowest BCUT2D eigenvalue weighted by Crippen LogP contribution is -2.25. The van der Waals surface area contributed by atoms with Crippen LogP contribution in [0.4, 0.5) is 0 Å². The van der Waals surface area contributed by atoms with Gasteiger partial charge in [-0.25, -0.2) is 4.68 Å². The highest BCUT2D eigenvalue weighted by Gasteiger charge is 2.18. The maximum atomic E-state index is 13.0. The molecule has 2 aromatic heterocycles. The predicted octanol–water partition coefficient (Wildman–Crippen LogP) is 4.53. The molecule has 0 saturated carbocycles. The van der Waals surface area contributed by atoms with Gasteiger partial charge in [0.1, 0.15) is 11.4 Å². The fourth-order valence-electron chi connectivity index (χ4n) is 3.00. The summed E-state index contributed by atoms with van der Waals surface area (Å²) in [6.45, 7) is 0.371. The molecule has 0 bridgehead atoms. The van der Waals surface area contributed by atoms with Crippen molar-refractivity contribution in [3.63, 3.8) is 0 Å². The van der Waals surface area contributed by atoms with E-state index in [9.17, 15) is 4.79 Å². The van der Waals surface area contributed by atoms with Gasteiger partial charge >= 0.3 is 0 Å². The molecule has 0 fully saturated rings. The number of carbonyl (C=O) groups is 1. The number of pyridine rings is 1. The zero-order chi connectivity index (χ0) is 20.9. The van der Waals surface area contributed by atoms with Gasteiger partial charge in [0.15, 0.2) is 0 Å². The molecule has 0 unspecified atom stereocenters. The lowest BCUT2D eigenvalue weighted by Gasteiger charge is -2.08. The molecule has 0 aliphatic heterocycles. The van der Waals surface area contributed by atoms with Crippen molar-refractivity contribution in [2.75, 3.05) is 7.11 Å².